The van der Waals surface area contributed by atoms with Gasteiger partial charge in [-0.3, -0.25) is 4.18 Å². The summed E-state index contributed by atoms with van der Waals surface area (Å²) >= 11 is 0. The molecule has 0 aromatic carbocycles. The molecule has 0 spiro atoms. The normalized spacial score (nSPS) is 37.9. The topological polar surface area (TPSA) is 501 Å². The van der Waals surface area contributed by atoms with Gasteiger partial charge in [-0.25, -0.2) is 34.7 Å². The van der Waals surface area contributed by atoms with E-state index in [1.165, 1.54) is 11.6 Å². The molecule has 0 bridgehead atoms. The summed E-state index contributed by atoms with van der Waals surface area (Å²) in [6.07, 6.45) is -33.1. The molecule has 34 heteroatoms. The van der Waals surface area contributed by atoms with Gasteiger partial charge in [-0.05, 0) is 54.4 Å². The molecule has 0 aromatic heterocycles. The third kappa shape index (κ3) is 20.1. The molecule has 4 fully saturated rings. The second-order valence-corrected chi connectivity index (χ2v) is 20.9. The fourth-order valence-electron chi connectivity index (χ4n) is 7.25. The van der Waals surface area contributed by atoms with Gasteiger partial charge in [0.1, 0.15) is 79.2 Å². The van der Waals surface area contributed by atoms with Crippen LogP contribution in [0.4, 0.5) is 0 Å². The molecule has 0 aromatic rings. The van der Waals surface area contributed by atoms with Crippen LogP contribution < -0.4 is 19.7 Å². The van der Waals surface area contributed by atoms with Crippen molar-refractivity contribution >= 4 is 42.9 Å². The summed E-state index contributed by atoms with van der Waals surface area (Å²) < 4.78 is 151. The molecule has 8 unspecified atom stereocenters. The maximum atomic E-state index is 11.6. The van der Waals surface area contributed by atoms with Crippen LogP contribution in [0.15, 0.2) is 0 Å². The van der Waals surface area contributed by atoms with Gasteiger partial charge in [0.05, 0.1) is 35.3 Å². The molecule has 72 heavy (non-hydrogen) atoms. The van der Waals surface area contributed by atoms with E-state index >= 15 is 0 Å². The van der Waals surface area contributed by atoms with Crippen LogP contribution in [-0.4, -0.2) is 220 Å². The number of carbonyl (C=O) groups is 2. The van der Waals surface area contributed by atoms with Crippen LogP contribution in [0.1, 0.15) is 95.9 Å². The maximum Gasteiger partial charge on any atom is 0.218 e. The number of hydrogen-bond donors (Lipinski definition) is 9. The molecule has 0 amide bonds. The van der Waals surface area contributed by atoms with E-state index < -0.39 is 177 Å². The highest BCUT2D eigenvalue weighted by atomic mass is 32.3. The second kappa shape index (κ2) is 27.8. The van der Waals surface area contributed by atoms with Gasteiger partial charge in [-0.1, -0.05) is 41.5 Å². The first kappa shape index (κ1) is 68.0. The van der Waals surface area contributed by atoms with E-state index in [1.54, 1.807) is 53.2 Å². The summed E-state index contributed by atoms with van der Waals surface area (Å²) in [5.41, 5.74) is -1.88. The summed E-state index contributed by atoms with van der Waals surface area (Å²) in [6.45, 7) is 20.6. The summed E-state index contributed by atoms with van der Waals surface area (Å²) in [4.78, 5) is 22.9. The summed E-state index contributed by atoms with van der Waals surface area (Å²) in [7, 11) is -15.9. The van der Waals surface area contributed by atoms with Gasteiger partial charge in [-0.2, -0.15) is 0 Å². The number of hydrogen-bond acceptors (Lipinski definition) is 29. The van der Waals surface area contributed by atoms with Gasteiger partial charge >= 0.3 is 0 Å². The standard InChI is InChI=1S/C17H31NO16S2.C17H31NO13S.2C2H6/c1-5-6-11(8(19)7(18-35(24,25)26)15(30-6)33-17(2,3)4)31-16-13(34-36(27,28)29)10(21)9(20)12(32-16)14(22)23;1-5-6-11(8(19)7(15(24)28-6)18-32(25,26)27)29-16-10(21)9(20)12(31-17(2,3)4)13(30-16)14(22)23;2*1-2/h6-13,15-16,18-21H,5H2,1-4H3,(H,22,23)(H,24,25,26)(H,27,28,29);6-13,15-16,18-21,24H,5H2,1-4H3,(H,22,23)(H,25,26,27);2*1-2H3/p-5/t6?,7?,8-,9-,10+,11+,12?,13?,15+,16+;6?,7?,8-,9-,10?,11+,12-,13?,15-,16+;;/m00../s1. The average Bonchev–Trinajstić information content (AvgIpc) is 3.24. The van der Waals surface area contributed by atoms with Gasteiger partial charge in [0, 0.05) is 0 Å². The van der Waals surface area contributed by atoms with Gasteiger partial charge in [0.2, 0.25) is 10.4 Å². The van der Waals surface area contributed by atoms with Crippen LogP contribution in [0.25, 0.3) is 0 Å². The van der Waals surface area contributed by atoms with Crippen molar-refractivity contribution < 1.29 is 137 Å². The monoisotopic (exact) mass is 1110 g/mol. The summed E-state index contributed by atoms with van der Waals surface area (Å²) in [5.74, 6) is -3.82. The van der Waals surface area contributed by atoms with E-state index in [0.29, 0.717) is 0 Å². The molecule has 9 N–H and O–H groups in total. The Kier molecular flexibility index (Phi) is 26.3. The van der Waals surface area contributed by atoms with Crippen LogP contribution in [-0.2, 0) is 82.7 Å². The Morgan fingerprint density at radius 1 is 0.514 bits per heavy atom. The zero-order valence-electron chi connectivity index (χ0n) is 41.3. The lowest BCUT2D eigenvalue weighted by Crippen LogP contribution is -2.68. The average molecular weight is 1110 g/mol. The van der Waals surface area contributed by atoms with Crippen LogP contribution in [0, 0.1) is 0 Å². The van der Waals surface area contributed by atoms with E-state index in [0.717, 1.165) is 0 Å². The third-order valence-electron chi connectivity index (χ3n) is 10.1. The Morgan fingerprint density at radius 3 is 1.33 bits per heavy atom. The second-order valence-electron chi connectivity index (χ2n) is 17.6. The van der Waals surface area contributed by atoms with Crippen molar-refractivity contribution in [2.24, 2.45) is 0 Å². The zero-order valence-corrected chi connectivity index (χ0v) is 43.7. The molecule has 20 atom stereocenters. The van der Waals surface area contributed by atoms with E-state index in [2.05, 4.69) is 4.18 Å². The number of carbonyl (C=O) groups excluding carboxylic acids is 2. The Bertz CT molecular complexity index is 2020. The molecule has 4 heterocycles. The van der Waals surface area contributed by atoms with Gasteiger partial charge < -0.3 is 107 Å². The smallest absolute Gasteiger partial charge is 0.218 e. The lowest BCUT2D eigenvalue weighted by Gasteiger charge is -2.49. The Balaban J connectivity index is 0.000000677. The third-order valence-corrected chi connectivity index (χ3v) is 11.6. The molecular formula is C38H69N2O29S3-5. The lowest BCUT2D eigenvalue weighted by molar-refractivity contribution is -0.370. The molecule has 0 radical (unpaired) electrons. The van der Waals surface area contributed by atoms with Gasteiger partial charge in [0.15, 0.2) is 51.9 Å². The Hall–Kier alpha value is -2.05. The first-order valence-corrected chi connectivity index (χ1v) is 26.5. The predicted molar refractivity (Wildman–Crippen MR) is 229 cm³/mol. The van der Waals surface area contributed by atoms with Crippen molar-refractivity contribution in [3.63, 3.8) is 0 Å². The minimum absolute atomic E-state index is 0.0236. The first-order valence-electron chi connectivity index (χ1n) is 22.4. The minimum atomic E-state index is -5.58. The molecule has 4 aliphatic heterocycles. The van der Waals surface area contributed by atoms with E-state index in [1.807, 2.05) is 27.7 Å². The summed E-state index contributed by atoms with van der Waals surface area (Å²) in [5, 5.41) is 95.4. The lowest BCUT2D eigenvalue weighted by atomic mass is 9.94. The van der Waals surface area contributed by atoms with Crippen molar-refractivity contribution in [3.8, 4) is 0 Å². The van der Waals surface area contributed by atoms with Gasteiger partial charge in [-0.15, -0.1) is 0 Å². The highest BCUT2D eigenvalue weighted by Crippen LogP contribution is 2.35. The SMILES string of the molecule is CC.CC.CCC1O[C@H](O)C(NS(=O)(=O)[O-])[C@H](O)[C@@H]1O[C@@H]1OC(C(=O)[O-])[C@@H](OC(C)(C)C)[C@@H](O)C1O.CCC1O[C@H](OC(C)(C)C)C(NS(=O)(=O)[O-])[C@H](O)[C@@H]1O[C@@H]1OC(C(=O)[O-])[C@@H](O)[C@@H](O)C1OS(=O)(=O)[O-]. The number of ether oxygens (including phenoxy) is 8. The molecule has 4 rings (SSSR count). The summed E-state index contributed by atoms with van der Waals surface area (Å²) in [6, 6.07) is -3.62. The maximum absolute atomic E-state index is 11.6. The van der Waals surface area contributed by atoms with E-state index in [4.69, 9.17) is 37.9 Å². The molecule has 0 saturated carbocycles. The first-order chi connectivity index (χ1) is 32.8. The zero-order chi connectivity index (χ0) is 56.4. The van der Waals surface area contributed by atoms with Crippen molar-refractivity contribution in [2.75, 3.05) is 0 Å². The molecule has 428 valence electrons. The highest BCUT2D eigenvalue weighted by molar-refractivity contribution is 7.84. The minimum Gasteiger partial charge on any atom is -0.735 e. The number of rotatable bonds is 16. The number of nitrogens with one attached hydrogen (secondary N) is 2. The van der Waals surface area contributed by atoms with Crippen molar-refractivity contribution in [2.45, 2.75) is 230 Å². The van der Waals surface area contributed by atoms with E-state index in [9.17, 15) is 94.5 Å². The van der Waals surface area contributed by atoms with Crippen molar-refractivity contribution in [3.05, 3.63) is 0 Å². The van der Waals surface area contributed by atoms with E-state index in [-0.39, 0.29) is 12.8 Å². The Labute approximate surface area is 417 Å². The largest absolute Gasteiger partial charge is 0.735 e. The fourth-order valence-corrected chi connectivity index (χ4v) is 8.90. The number of aliphatic carboxylic acids is 2. The van der Waals surface area contributed by atoms with Crippen molar-refractivity contribution in [1.29, 1.82) is 0 Å². The Morgan fingerprint density at radius 2 is 0.917 bits per heavy atom. The quantitative estimate of drug-likeness (QED) is 0.0512. The number of carboxylic acid groups (broad SMARTS) is 2. The molecule has 0 aliphatic carbocycles. The molecule has 4 saturated heterocycles. The predicted octanol–water partition coefficient (Wildman–Crippen LogP) is -7.15. The number of aliphatic hydroxyl groups is 7. The number of carboxylic acids is 2. The molecule has 4 aliphatic rings. The highest BCUT2D eigenvalue weighted by Gasteiger charge is 2.55. The molecular weight excluding hydrogens is 1040 g/mol. The van der Waals surface area contributed by atoms with Crippen LogP contribution >= 0.6 is 0 Å². The molecule has 31 nitrogen and oxygen atoms in total. The van der Waals surface area contributed by atoms with Gasteiger partial charge in [0.25, 0.3) is 0 Å². The number of aliphatic hydroxyl groups excluding tert-OH is 7. The fraction of sp³-hybridized carbons (Fsp3) is 0.947. The van der Waals surface area contributed by atoms with Crippen LogP contribution in [0.3, 0.4) is 0 Å². The van der Waals surface area contributed by atoms with Crippen LogP contribution in [0.2, 0.25) is 0 Å². The van der Waals surface area contributed by atoms with Crippen molar-refractivity contribution in [1.82, 2.24) is 9.44 Å². The van der Waals surface area contributed by atoms with Crippen LogP contribution in [0.5, 0.6) is 0 Å².